The zero-order chi connectivity index (χ0) is 21.4. The molecule has 1 N–H and O–H groups in total. The van der Waals surface area contributed by atoms with E-state index < -0.39 is 0 Å². The monoisotopic (exact) mass is 546 g/mol. The minimum atomic E-state index is 0. The minimum absolute atomic E-state index is 0. The van der Waals surface area contributed by atoms with Gasteiger partial charge in [0.25, 0.3) is 0 Å². The highest BCUT2D eigenvalue weighted by molar-refractivity contribution is 7.18. The van der Waals surface area contributed by atoms with Gasteiger partial charge in [-0.15, -0.1) is 48.6 Å². The molecule has 0 atom stereocenters. The van der Waals surface area contributed by atoms with Crippen LogP contribution < -0.4 is 15.1 Å². The number of ether oxygens (including phenoxy) is 1. The molecule has 0 unspecified atom stereocenters. The Kier molecular flexibility index (Phi) is 10.5. The number of aromatic nitrogens is 2. The molecule has 0 radical (unpaired) electrons. The Bertz CT molecular complexity index is 1150. The molecule has 1 fully saturated rings. The third-order valence-electron chi connectivity index (χ3n) is 6.52. The van der Waals surface area contributed by atoms with Gasteiger partial charge in [-0.05, 0) is 31.2 Å². The van der Waals surface area contributed by atoms with Crippen LogP contribution in [0.5, 0.6) is 5.75 Å². The molecule has 0 saturated carbocycles. The number of thiophene rings is 1. The molecule has 7 nitrogen and oxygen atoms in total. The Labute approximate surface area is 223 Å². The Morgan fingerprint density at radius 3 is 2.50 bits per heavy atom. The van der Waals surface area contributed by atoms with Crippen LogP contribution in [0.4, 0.5) is 5.69 Å². The summed E-state index contributed by atoms with van der Waals surface area (Å²) in [5.74, 6) is 0.940. The van der Waals surface area contributed by atoms with Gasteiger partial charge in [-0.3, -0.25) is 10.3 Å². The first-order valence-corrected chi connectivity index (χ1v) is 11.8. The summed E-state index contributed by atoms with van der Waals surface area (Å²) in [6.45, 7) is 7.79. The number of likely N-dealkylation sites (N-methyl/N-ethyl adjacent to an activating group) is 1. The predicted octanol–water partition coefficient (Wildman–Crippen LogP) is 3.66. The van der Waals surface area contributed by atoms with E-state index >= 15 is 0 Å². The van der Waals surface area contributed by atoms with Crippen LogP contribution in [0, 0.1) is 5.41 Å². The number of hydrogen-bond acceptors (Lipinski definition) is 7. The number of anilines is 1. The molecule has 3 aromatic rings. The minimum Gasteiger partial charge on any atom is -0.495 e. The van der Waals surface area contributed by atoms with Crippen molar-refractivity contribution in [2.75, 3.05) is 58.3 Å². The van der Waals surface area contributed by atoms with Crippen molar-refractivity contribution in [3.8, 4) is 5.75 Å². The quantitative estimate of drug-likeness (QED) is 0.528. The van der Waals surface area contributed by atoms with Gasteiger partial charge in [0, 0.05) is 57.2 Å². The molecule has 5 rings (SSSR count). The first-order chi connectivity index (χ1) is 15.1. The van der Waals surface area contributed by atoms with Crippen LogP contribution in [0.25, 0.3) is 10.2 Å². The normalized spacial score (nSPS) is 16.2. The smallest absolute Gasteiger partial charge is 0.142 e. The van der Waals surface area contributed by atoms with E-state index in [1.54, 1.807) is 18.4 Å². The Balaban J connectivity index is 0.00000136. The summed E-state index contributed by atoms with van der Waals surface area (Å²) in [4.78, 5) is 14.4. The molecule has 2 aromatic heterocycles. The van der Waals surface area contributed by atoms with Crippen molar-refractivity contribution in [3.63, 3.8) is 0 Å². The van der Waals surface area contributed by atoms with Crippen molar-refractivity contribution in [1.82, 2.24) is 19.4 Å². The fourth-order valence-corrected chi connectivity index (χ4v) is 5.96. The zero-order valence-electron chi connectivity index (χ0n) is 19.5. The topological polar surface area (TPSA) is 60.6 Å². The average Bonchev–Trinajstić information content (AvgIpc) is 3.17. The number of nitrogens with zero attached hydrogens (tertiary/aromatic N) is 5. The summed E-state index contributed by atoms with van der Waals surface area (Å²) in [5.41, 5.74) is 3.16. The molecular weight excluding hydrogens is 515 g/mol. The van der Waals surface area contributed by atoms with Crippen molar-refractivity contribution in [1.29, 1.82) is 5.41 Å². The number of fused-ring (bicyclic) bond motifs is 3. The zero-order valence-corrected chi connectivity index (χ0v) is 22.8. The Hall–Kier alpha value is -1.55. The first kappa shape index (κ1) is 28.7. The molecule has 0 aliphatic carbocycles. The third kappa shape index (κ3) is 5.64. The van der Waals surface area contributed by atoms with Crippen LogP contribution in [0.1, 0.15) is 10.4 Å². The van der Waals surface area contributed by atoms with Gasteiger partial charge in [0.1, 0.15) is 16.1 Å². The van der Waals surface area contributed by atoms with E-state index in [1.165, 1.54) is 16.1 Å². The fourth-order valence-electron chi connectivity index (χ4n) is 4.70. The van der Waals surface area contributed by atoms with Crippen LogP contribution in [-0.2, 0) is 19.5 Å². The first-order valence-electron chi connectivity index (χ1n) is 11.0. The molecule has 0 spiro atoms. The number of halogens is 3. The van der Waals surface area contributed by atoms with Gasteiger partial charge >= 0.3 is 0 Å². The van der Waals surface area contributed by atoms with E-state index in [1.807, 2.05) is 23.0 Å². The molecule has 2 aliphatic rings. The molecule has 11 heteroatoms. The van der Waals surface area contributed by atoms with Crippen molar-refractivity contribution >= 4 is 64.5 Å². The predicted molar refractivity (Wildman–Crippen MR) is 147 cm³/mol. The highest BCUT2D eigenvalue weighted by Crippen LogP contribution is 2.31. The molecule has 1 saturated heterocycles. The second kappa shape index (κ2) is 12.4. The Morgan fingerprint density at radius 2 is 1.76 bits per heavy atom. The maximum atomic E-state index is 8.83. The highest BCUT2D eigenvalue weighted by atomic mass is 35.5. The molecule has 34 heavy (non-hydrogen) atoms. The summed E-state index contributed by atoms with van der Waals surface area (Å²) < 4.78 is 7.56. The molecule has 188 valence electrons. The lowest BCUT2D eigenvalue weighted by Crippen LogP contribution is -2.47. The van der Waals surface area contributed by atoms with Crippen LogP contribution in [0.2, 0.25) is 0 Å². The van der Waals surface area contributed by atoms with Gasteiger partial charge in [-0.1, -0.05) is 12.1 Å². The van der Waals surface area contributed by atoms with Gasteiger partial charge in [-0.25, -0.2) is 4.98 Å². The Morgan fingerprint density at radius 1 is 1.03 bits per heavy atom. The largest absolute Gasteiger partial charge is 0.495 e. The number of rotatable bonds is 5. The second-order valence-corrected chi connectivity index (χ2v) is 9.54. The highest BCUT2D eigenvalue weighted by Gasteiger charge is 2.22. The second-order valence-electron chi connectivity index (χ2n) is 8.46. The van der Waals surface area contributed by atoms with Crippen LogP contribution in [0.15, 0.2) is 30.6 Å². The molecule has 2 aliphatic heterocycles. The van der Waals surface area contributed by atoms with E-state index in [2.05, 4.69) is 33.9 Å². The van der Waals surface area contributed by atoms with Gasteiger partial charge in [0.05, 0.1) is 24.5 Å². The average molecular weight is 548 g/mol. The van der Waals surface area contributed by atoms with E-state index in [9.17, 15) is 0 Å². The summed E-state index contributed by atoms with van der Waals surface area (Å²) >= 11 is 1.76. The number of hydrogen-bond donors (Lipinski definition) is 1. The number of methoxy groups -OCH3 is 1. The number of benzene rings is 1. The van der Waals surface area contributed by atoms with Crippen molar-refractivity contribution in [3.05, 3.63) is 46.5 Å². The maximum Gasteiger partial charge on any atom is 0.142 e. The standard InChI is InChI=1S/C23H30N6OS.3ClH/c1-26-8-7-17-20(15-26)31-23-21(17)22(24)29(16-25-23)14-11-27-9-12-28(13-10-27)18-5-3-4-6-19(18)30-2;;;/h3-6,16,24H,7-15H2,1-2H3;3*1H. The number of nitrogens with one attached hydrogen (secondary N) is 1. The molecule has 1 aromatic carbocycles. The van der Waals surface area contributed by atoms with Gasteiger partial charge in [0.15, 0.2) is 0 Å². The SMILES string of the molecule is COc1ccccc1N1CCN(CCn2cnc3sc4c(c3c2=N)CCN(C)C4)CC1.Cl.Cl.Cl. The van der Waals surface area contributed by atoms with Crippen molar-refractivity contribution < 1.29 is 4.74 Å². The van der Waals surface area contributed by atoms with Crippen molar-refractivity contribution in [2.45, 2.75) is 19.5 Å². The lowest BCUT2D eigenvalue weighted by Gasteiger charge is -2.36. The van der Waals surface area contributed by atoms with Crippen LogP contribution in [0.3, 0.4) is 0 Å². The van der Waals surface area contributed by atoms with Gasteiger partial charge in [-0.2, -0.15) is 0 Å². The van der Waals surface area contributed by atoms with E-state index in [0.717, 1.165) is 74.7 Å². The van der Waals surface area contributed by atoms with Gasteiger partial charge < -0.3 is 19.1 Å². The van der Waals surface area contributed by atoms with E-state index in [0.29, 0.717) is 5.49 Å². The summed E-state index contributed by atoms with van der Waals surface area (Å²) in [7, 11) is 3.90. The number of piperazine rings is 1. The van der Waals surface area contributed by atoms with Crippen molar-refractivity contribution in [2.24, 2.45) is 0 Å². The lowest BCUT2D eigenvalue weighted by atomic mass is 10.1. The van der Waals surface area contributed by atoms with Gasteiger partial charge in [0.2, 0.25) is 0 Å². The molecule has 4 heterocycles. The maximum absolute atomic E-state index is 8.83. The summed E-state index contributed by atoms with van der Waals surface area (Å²) in [6, 6.07) is 8.25. The lowest BCUT2D eigenvalue weighted by molar-refractivity contribution is 0.246. The molecule has 0 bridgehead atoms. The van der Waals surface area contributed by atoms with E-state index in [-0.39, 0.29) is 37.2 Å². The third-order valence-corrected chi connectivity index (χ3v) is 7.65. The van der Waals surface area contributed by atoms with E-state index in [4.69, 9.17) is 15.1 Å². The van der Waals surface area contributed by atoms with Crippen LogP contribution in [-0.4, -0.2) is 72.8 Å². The van der Waals surface area contributed by atoms with Crippen LogP contribution >= 0.6 is 48.6 Å². The molecular formula is C23H33Cl3N6OS. The number of para-hydroxylation sites is 2. The summed E-state index contributed by atoms with van der Waals surface area (Å²) in [6.07, 6.45) is 2.88. The molecule has 0 amide bonds. The summed E-state index contributed by atoms with van der Waals surface area (Å²) in [5, 5.41) is 9.91. The fraction of sp³-hybridized carbons (Fsp3) is 0.478.